The number of fused-ring (bicyclic) bond motifs is 1. The quantitative estimate of drug-likeness (QED) is 0.750. The molecule has 0 aromatic carbocycles. The third kappa shape index (κ3) is 4.84. The minimum atomic E-state index is -0.0648. The number of rotatable bonds is 8. The molecule has 21 heavy (non-hydrogen) atoms. The number of hydrogen-bond acceptors (Lipinski definition) is 3. The summed E-state index contributed by atoms with van der Waals surface area (Å²) >= 11 is 0. The van der Waals surface area contributed by atoms with Gasteiger partial charge in [0.1, 0.15) is 6.61 Å². The molecule has 118 valence electrons. The van der Waals surface area contributed by atoms with Crippen LogP contribution in [-0.4, -0.2) is 28.9 Å². The van der Waals surface area contributed by atoms with Crippen LogP contribution in [0.25, 0.3) is 0 Å². The Morgan fingerprint density at radius 1 is 1.48 bits per heavy atom. The maximum absolute atomic E-state index is 11.8. The number of nitrogens with zero attached hydrogens (tertiary/aromatic N) is 2. The molecule has 5 heteroatoms. The first-order valence-electron chi connectivity index (χ1n) is 8.14. The van der Waals surface area contributed by atoms with Crippen LogP contribution in [0.3, 0.4) is 0 Å². The number of nitrogens with one attached hydrogen (secondary N) is 1. The van der Waals surface area contributed by atoms with Crippen molar-refractivity contribution in [2.24, 2.45) is 0 Å². The van der Waals surface area contributed by atoms with Crippen molar-refractivity contribution in [3.63, 3.8) is 0 Å². The van der Waals surface area contributed by atoms with E-state index in [0.29, 0.717) is 6.61 Å². The smallest absolute Gasteiger partial charge is 0.246 e. The van der Waals surface area contributed by atoms with Crippen LogP contribution in [-0.2, 0) is 22.5 Å². The molecule has 0 saturated heterocycles. The van der Waals surface area contributed by atoms with Crippen LogP contribution in [0.5, 0.6) is 0 Å². The number of ether oxygens (including phenoxy) is 1. The molecule has 0 fully saturated rings. The molecule has 0 spiro atoms. The van der Waals surface area contributed by atoms with Crippen LogP contribution in [0.4, 0.5) is 0 Å². The van der Waals surface area contributed by atoms with E-state index >= 15 is 0 Å². The van der Waals surface area contributed by atoms with Crippen molar-refractivity contribution in [3.8, 4) is 0 Å². The Labute approximate surface area is 127 Å². The minimum Gasteiger partial charge on any atom is -0.372 e. The number of aryl methyl sites for hydroxylation is 2. The van der Waals surface area contributed by atoms with E-state index in [1.807, 2.05) is 6.92 Å². The highest BCUT2D eigenvalue weighted by Crippen LogP contribution is 2.19. The summed E-state index contributed by atoms with van der Waals surface area (Å²) in [6, 6.07) is 2.06. The van der Waals surface area contributed by atoms with Gasteiger partial charge in [-0.15, -0.1) is 0 Å². The number of aromatic nitrogens is 2. The summed E-state index contributed by atoms with van der Waals surface area (Å²) in [5, 5.41) is 7.54. The Bertz CT molecular complexity index is 433. The van der Waals surface area contributed by atoms with Crippen molar-refractivity contribution in [2.75, 3.05) is 13.2 Å². The Balaban J connectivity index is 1.74. The summed E-state index contributed by atoms with van der Waals surface area (Å²) in [5.74, 6) is -0.0648. The molecule has 1 aliphatic heterocycles. The molecule has 2 rings (SSSR count). The number of unbranched alkanes of at least 4 members (excludes halogenated alkanes) is 2. The Morgan fingerprint density at radius 3 is 3.10 bits per heavy atom. The SMILES string of the molecule is CCCCCOCC(=O)NC(C)c1cc2n(n1)CCCC2. The fourth-order valence-electron chi connectivity index (χ4n) is 2.63. The van der Waals surface area contributed by atoms with Gasteiger partial charge in [0.2, 0.25) is 5.91 Å². The van der Waals surface area contributed by atoms with Gasteiger partial charge in [0, 0.05) is 18.8 Å². The summed E-state index contributed by atoms with van der Waals surface area (Å²) in [4.78, 5) is 11.8. The number of carbonyl (C=O) groups excluding carboxylic acids is 1. The third-order valence-electron chi connectivity index (χ3n) is 3.88. The summed E-state index contributed by atoms with van der Waals surface area (Å²) in [6.07, 6.45) is 6.86. The number of amides is 1. The maximum atomic E-state index is 11.8. The molecule has 5 nitrogen and oxygen atoms in total. The van der Waals surface area contributed by atoms with Gasteiger partial charge in [-0.1, -0.05) is 19.8 Å². The zero-order chi connectivity index (χ0) is 15.1. The molecular formula is C16H27N3O2. The van der Waals surface area contributed by atoms with Gasteiger partial charge < -0.3 is 10.1 Å². The first-order valence-corrected chi connectivity index (χ1v) is 8.14. The van der Waals surface area contributed by atoms with E-state index in [2.05, 4.69) is 28.1 Å². The van der Waals surface area contributed by atoms with Crippen LogP contribution >= 0.6 is 0 Å². The summed E-state index contributed by atoms with van der Waals surface area (Å²) in [5.41, 5.74) is 2.24. The van der Waals surface area contributed by atoms with E-state index in [9.17, 15) is 4.79 Å². The average Bonchev–Trinajstić information content (AvgIpc) is 2.91. The lowest BCUT2D eigenvalue weighted by atomic mass is 10.1. The molecule has 0 saturated carbocycles. The molecule has 1 N–H and O–H groups in total. The largest absolute Gasteiger partial charge is 0.372 e. The fraction of sp³-hybridized carbons (Fsp3) is 0.750. The molecule has 0 bridgehead atoms. The van der Waals surface area contributed by atoms with Gasteiger partial charge >= 0.3 is 0 Å². The molecule has 1 atom stereocenters. The third-order valence-corrected chi connectivity index (χ3v) is 3.88. The highest BCUT2D eigenvalue weighted by Gasteiger charge is 2.17. The predicted octanol–water partition coefficient (Wildman–Crippen LogP) is 2.60. The Morgan fingerprint density at radius 2 is 2.33 bits per heavy atom. The monoisotopic (exact) mass is 293 g/mol. The van der Waals surface area contributed by atoms with Crippen LogP contribution in [0.2, 0.25) is 0 Å². The summed E-state index contributed by atoms with van der Waals surface area (Å²) in [7, 11) is 0. The Kier molecular flexibility index (Phi) is 6.23. The standard InChI is InChI=1S/C16H27N3O2/c1-3-4-7-10-21-12-16(20)17-13(2)15-11-14-8-5-6-9-19(14)18-15/h11,13H,3-10,12H2,1-2H3,(H,17,20). The second-order valence-electron chi connectivity index (χ2n) is 5.79. The van der Waals surface area contributed by atoms with Crippen LogP contribution in [0, 0.1) is 0 Å². The van der Waals surface area contributed by atoms with E-state index in [4.69, 9.17) is 4.74 Å². The highest BCUT2D eigenvalue weighted by molar-refractivity contribution is 5.77. The van der Waals surface area contributed by atoms with Crippen molar-refractivity contribution >= 4 is 5.91 Å². The lowest BCUT2D eigenvalue weighted by molar-refractivity contribution is -0.126. The minimum absolute atomic E-state index is 0.0603. The molecule has 0 radical (unpaired) electrons. The van der Waals surface area contributed by atoms with Gasteiger partial charge in [-0.05, 0) is 38.7 Å². The van der Waals surface area contributed by atoms with E-state index < -0.39 is 0 Å². The number of hydrogen-bond donors (Lipinski definition) is 1. The first kappa shape index (κ1) is 16.0. The second kappa shape index (κ2) is 8.17. The summed E-state index contributed by atoms with van der Waals surface area (Å²) in [6.45, 7) is 5.93. The van der Waals surface area contributed by atoms with Crippen LogP contribution < -0.4 is 5.32 Å². The van der Waals surface area contributed by atoms with Gasteiger partial charge in [0.05, 0.1) is 11.7 Å². The lowest BCUT2D eigenvalue weighted by Gasteiger charge is -2.12. The van der Waals surface area contributed by atoms with E-state index in [1.54, 1.807) is 0 Å². The molecule has 1 aromatic rings. The maximum Gasteiger partial charge on any atom is 0.246 e. The van der Waals surface area contributed by atoms with Crippen LogP contribution in [0.15, 0.2) is 6.07 Å². The molecule has 1 aliphatic rings. The van der Waals surface area contributed by atoms with E-state index in [0.717, 1.165) is 37.9 Å². The van der Waals surface area contributed by atoms with Gasteiger partial charge in [-0.25, -0.2) is 0 Å². The van der Waals surface area contributed by atoms with Crippen molar-refractivity contribution in [1.29, 1.82) is 0 Å². The second-order valence-corrected chi connectivity index (χ2v) is 5.79. The first-order chi connectivity index (χ1) is 10.2. The van der Waals surface area contributed by atoms with Gasteiger partial charge in [0.15, 0.2) is 0 Å². The molecule has 1 aromatic heterocycles. The van der Waals surface area contributed by atoms with Crippen molar-refractivity contribution in [3.05, 3.63) is 17.5 Å². The van der Waals surface area contributed by atoms with Crippen LogP contribution in [0.1, 0.15) is 63.4 Å². The van der Waals surface area contributed by atoms with Gasteiger partial charge in [0.25, 0.3) is 0 Å². The van der Waals surface area contributed by atoms with Gasteiger partial charge in [-0.3, -0.25) is 9.48 Å². The molecule has 0 aliphatic carbocycles. The topological polar surface area (TPSA) is 56.1 Å². The van der Waals surface area contributed by atoms with Crippen molar-refractivity contribution in [1.82, 2.24) is 15.1 Å². The predicted molar refractivity (Wildman–Crippen MR) is 82.1 cm³/mol. The van der Waals surface area contributed by atoms with Crippen molar-refractivity contribution < 1.29 is 9.53 Å². The van der Waals surface area contributed by atoms with E-state index in [-0.39, 0.29) is 18.6 Å². The molecular weight excluding hydrogens is 266 g/mol. The average molecular weight is 293 g/mol. The molecule has 2 heterocycles. The molecule has 1 unspecified atom stereocenters. The summed E-state index contributed by atoms with van der Waals surface area (Å²) < 4.78 is 7.45. The lowest BCUT2D eigenvalue weighted by Crippen LogP contribution is -2.30. The normalized spacial score (nSPS) is 15.5. The number of carbonyl (C=O) groups is 1. The van der Waals surface area contributed by atoms with Gasteiger partial charge in [-0.2, -0.15) is 5.10 Å². The molecule has 1 amide bonds. The highest BCUT2D eigenvalue weighted by atomic mass is 16.5. The van der Waals surface area contributed by atoms with E-state index in [1.165, 1.54) is 18.5 Å². The zero-order valence-corrected chi connectivity index (χ0v) is 13.2. The fourth-order valence-corrected chi connectivity index (χ4v) is 2.63. The van der Waals surface area contributed by atoms with Crippen molar-refractivity contribution in [2.45, 2.75) is 65.0 Å². The zero-order valence-electron chi connectivity index (χ0n) is 13.2. The Hall–Kier alpha value is -1.36.